The summed E-state index contributed by atoms with van der Waals surface area (Å²) in [6.07, 6.45) is 7.38. The smallest absolute Gasteiger partial charge is 0.240 e. The van der Waals surface area contributed by atoms with Crippen molar-refractivity contribution in [1.29, 1.82) is 0 Å². The summed E-state index contributed by atoms with van der Waals surface area (Å²) in [5.74, 6) is 1.19. The first kappa shape index (κ1) is 13.9. The molecule has 1 saturated carbocycles. The van der Waals surface area contributed by atoms with Crippen LogP contribution >= 0.6 is 0 Å². The van der Waals surface area contributed by atoms with Gasteiger partial charge in [-0.15, -0.1) is 0 Å². The van der Waals surface area contributed by atoms with Crippen LogP contribution in [0.15, 0.2) is 0 Å². The summed E-state index contributed by atoms with van der Waals surface area (Å²) < 4.78 is 0. The van der Waals surface area contributed by atoms with Crippen LogP contribution in [0.25, 0.3) is 0 Å². The van der Waals surface area contributed by atoms with Crippen molar-refractivity contribution in [2.45, 2.75) is 77.4 Å². The molecule has 3 nitrogen and oxygen atoms in total. The van der Waals surface area contributed by atoms with E-state index in [1.807, 2.05) is 0 Å². The van der Waals surface area contributed by atoms with E-state index in [1.54, 1.807) is 0 Å². The molecule has 18 heavy (non-hydrogen) atoms. The molecule has 0 aromatic rings. The second-order valence-corrected chi connectivity index (χ2v) is 6.29. The first-order valence-corrected chi connectivity index (χ1v) is 7.68. The van der Waals surface area contributed by atoms with Crippen molar-refractivity contribution in [3.63, 3.8) is 0 Å². The van der Waals surface area contributed by atoms with Crippen molar-refractivity contribution < 1.29 is 4.79 Å². The standard InChI is InChI=1S/C15H28N2O/c1-4-12-6-5-7-13(10-12)17-9-8-14(15(17)18)16-11(2)3/h11-14,16H,4-10H2,1-3H3. The van der Waals surface area contributed by atoms with Crippen molar-refractivity contribution in [2.75, 3.05) is 6.54 Å². The molecular formula is C15H28N2O. The van der Waals surface area contributed by atoms with Crippen LogP contribution in [0.1, 0.15) is 59.3 Å². The molecule has 1 saturated heterocycles. The molecule has 1 amide bonds. The molecule has 1 aliphatic carbocycles. The largest absolute Gasteiger partial charge is 0.338 e. The van der Waals surface area contributed by atoms with Crippen LogP contribution in [0.3, 0.4) is 0 Å². The molecule has 0 aromatic carbocycles. The van der Waals surface area contributed by atoms with E-state index in [9.17, 15) is 4.79 Å². The lowest BCUT2D eigenvalue weighted by molar-refractivity contribution is -0.132. The van der Waals surface area contributed by atoms with Crippen molar-refractivity contribution in [2.24, 2.45) is 5.92 Å². The van der Waals surface area contributed by atoms with Gasteiger partial charge in [-0.2, -0.15) is 0 Å². The Hall–Kier alpha value is -0.570. The summed E-state index contributed by atoms with van der Waals surface area (Å²) in [4.78, 5) is 14.6. The number of carbonyl (C=O) groups excluding carboxylic acids is 1. The van der Waals surface area contributed by atoms with Crippen LogP contribution in [0.5, 0.6) is 0 Å². The van der Waals surface area contributed by atoms with E-state index < -0.39 is 0 Å². The zero-order valence-corrected chi connectivity index (χ0v) is 12.1. The zero-order valence-electron chi connectivity index (χ0n) is 12.1. The Bertz CT molecular complexity index is 290. The molecule has 3 heteroatoms. The van der Waals surface area contributed by atoms with Crippen LogP contribution in [0.2, 0.25) is 0 Å². The number of likely N-dealkylation sites (tertiary alicyclic amines) is 1. The van der Waals surface area contributed by atoms with Gasteiger partial charge < -0.3 is 10.2 Å². The molecule has 0 bridgehead atoms. The van der Waals surface area contributed by atoms with Gasteiger partial charge in [0.25, 0.3) is 0 Å². The highest BCUT2D eigenvalue weighted by atomic mass is 16.2. The normalized spacial score (nSPS) is 33.4. The van der Waals surface area contributed by atoms with Gasteiger partial charge in [0.05, 0.1) is 6.04 Å². The first-order chi connectivity index (χ1) is 8.61. The maximum Gasteiger partial charge on any atom is 0.240 e. The number of nitrogens with one attached hydrogen (secondary N) is 1. The van der Waals surface area contributed by atoms with E-state index >= 15 is 0 Å². The van der Waals surface area contributed by atoms with E-state index in [4.69, 9.17) is 0 Å². The molecule has 1 aliphatic heterocycles. The Kier molecular flexibility index (Phi) is 4.66. The lowest BCUT2D eigenvalue weighted by atomic mass is 9.83. The van der Waals surface area contributed by atoms with Crippen LogP contribution in [0, 0.1) is 5.92 Å². The van der Waals surface area contributed by atoms with Gasteiger partial charge in [0, 0.05) is 18.6 Å². The molecule has 2 rings (SSSR count). The van der Waals surface area contributed by atoms with Crippen molar-refractivity contribution >= 4 is 5.91 Å². The number of nitrogens with zero attached hydrogens (tertiary/aromatic N) is 1. The maximum atomic E-state index is 12.4. The lowest BCUT2D eigenvalue weighted by Crippen LogP contribution is -2.46. The predicted octanol–water partition coefficient (Wildman–Crippen LogP) is 2.55. The summed E-state index contributed by atoms with van der Waals surface area (Å²) in [5.41, 5.74) is 0. The fourth-order valence-electron chi connectivity index (χ4n) is 3.54. The number of rotatable bonds is 4. The summed E-state index contributed by atoms with van der Waals surface area (Å²) >= 11 is 0. The third-order valence-electron chi connectivity index (χ3n) is 4.55. The summed E-state index contributed by atoms with van der Waals surface area (Å²) in [6, 6.07) is 0.996. The Morgan fingerprint density at radius 2 is 2.11 bits per heavy atom. The molecule has 3 atom stereocenters. The first-order valence-electron chi connectivity index (χ1n) is 7.68. The highest BCUT2D eigenvalue weighted by Gasteiger charge is 2.37. The Morgan fingerprint density at radius 3 is 2.78 bits per heavy atom. The van der Waals surface area contributed by atoms with Crippen LogP contribution < -0.4 is 5.32 Å². The van der Waals surface area contributed by atoms with Gasteiger partial charge in [0.1, 0.15) is 0 Å². The Labute approximate surface area is 111 Å². The van der Waals surface area contributed by atoms with Crippen LogP contribution in [-0.2, 0) is 4.79 Å². The molecule has 1 N–H and O–H groups in total. The van der Waals surface area contributed by atoms with Gasteiger partial charge in [-0.25, -0.2) is 0 Å². The van der Waals surface area contributed by atoms with Crippen molar-refractivity contribution in [3.8, 4) is 0 Å². The number of hydrogen-bond donors (Lipinski definition) is 1. The Balaban J connectivity index is 1.92. The van der Waals surface area contributed by atoms with Gasteiger partial charge >= 0.3 is 0 Å². The molecule has 2 aliphatic rings. The zero-order chi connectivity index (χ0) is 13.1. The predicted molar refractivity (Wildman–Crippen MR) is 74.4 cm³/mol. The average molecular weight is 252 g/mol. The highest BCUT2D eigenvalue weighted by Crippen LogP contribution is 2.31. The molecule has 0 spiro atoms. The lowest BCUT2D eigenvalue weighted by Gasteiger charge is -2.35. The average Bonchev–Trinajstić information content (AvgIpc) is 2.70. The summed E-state index contributed by atoms with van der Waals surface area (Å²) in [7, 11) is 0. The fraction of sp³-hybridized carbons (Fsp3) is 0.933. The minimum atomic E-state index is 0.0759. The molecule has 104 valence electrons. The fourth-order valence-corrected chi connectivity index (χ4v) is 3.54. The van der Waals surface area contributed by atoms with E-state index in [1.165, 1.54) is 32.1 Å². The van der Waals surface area contributed by atoms with E-state index in [2.05, 4.69) is 31.0 Å². The van der Waals surface area contributed by atoms with E-state index in [0.29, 0.717) is 18.0 Å². The number of amides is 1. The monoisotopic (exact) mass is 252 g/mol. The van der Waals surface area contributed by atoms with Gasteiger partial charge in [0.15, 0.2) is 0 Å². The molecule has 2 fully saturated rings. The quantitative estimate of drug-likeness (QED) is 0.834. The second-order valence-electron chi connectivity index (χ2n) is 6.29. The Morgan fingerprint density at radius 1 is 1.33 bits per heavy atom. The summed E-state index contributed by atoms with van der Waals surface area (Å²) in [6.45, 7) is 7.47. The van der Waals surface area contributed by atoms with Crippen molar-refractivity contribution in [1.82, 2.24) is 10.2 Å². The second kappa shape index (κ2) is 6.05. The van der Waals surface area contributed by atoms with E-state index in [0.717, 1.165) is 18.9 Å². The molecule has 3 unspecified atom stereocenters. The topological polar surface area (TPSA) is 32.3 Å². The highest BCUT2D eigenvalue weighted by molar-refractivity contribution is 5.84. The molecule has 0 aromatic heterocycles. The van der Waals surface area contributed by atoms with Gasteiger partial charge in [-0.3, -0.25) is 4.79 Å². The third kappa shape index (κ3) is 3.05. The number of carbonyl (C=O) groups is 1. The minimum absolute atomic E-state index is 0.0759. The third-order valence-corrected chi connectivity index (χ3v) is 4.55. The minimum Gasteiger partial charge on any atom is -0.338 e. The SMILES string of the molecule is CCC1CCCC(N2CCC(NC(C)C)C2=O)C1. The molecular weight excluding hydrogens is 224 g/mol. The molecule has 0 radical (unpaired) electrons. The van der Waals surface area contributed by atoms with Gasteiger partial charge in [0.2, 0.25) is 5.91 Å². The van der Waals surface area contributed by atoms with Crippen molar-refractivity contribution in [3.05, 3.63) is 0 Å². The van der Waals surface area contributed by atoms with Gasteiger partial charge in [-0.05, 0) is 25.2 Å². The summed E-state index contributed by atoms with van der Waals surface area (Å²) in [5, 5.41) is 3.39. The van der Waals surface area contributed by atoms with Crippen LogP contribution in [-0.4, -0.2) is 35.5 Å². The van der Waals surface area contributed by atoms with E-state index in [-0.39, 0.29) is 6.04 Å². The maximum absolute atomic E-state index is 12.4. The number of hydrogen-bond acceptors (Lipinski definition) is 2. The van der Waals surface area contributed by atoms with Gasteiger partial charge in [-0.1, -0.05) is 40.0 Å². The molecule has 1 heterocycles. The van der Waals surface area contributed by atoms with Crippen LogP contribution in [0.4, 0.5) is 0 Å².